The minimum Gasteiger partial charge on any atom is -0.456 e. The molecular formula is C72H42O. The Labute approximate surface area is 421 Å². The van der Waals surface area contributed by atoms with Gasteiger partial charge in [-0.25, -0.2) is 0 Å². The summed E-state index contributed by atoms with van der Waals surface area (Å²) in [6.07, 6.45) is 0. The fourth-order valence-corrected chi connectivity index (χ4v) is 12.6. The second kappa shape index (κ2) is 15.5. The highest BCUT2D eigenvalue weighted by atomic mass is 16.3. The maximum atomic E-state index is 6.63. The van der Waals surface area contributed by atoms with Gasteiger partial charge < -0.3 is 4.42 Å². The smallest absolute Gasteiger partial charge is 0.136 e. The van der Waals surface area contributed by atoms with E-state index < -0.39 is 0 Å². The van der Waals surface area contributed by atoms with Crippen LogP contribution in [0.15, 0.2) is 259 Å². The number of para-hydroxylation sites is 1. The fourth-order valence-electron chi connectivity index (χ4n) is 12.6. The second-order valence-electron chi connectivity index (χ2n) is 19.8. The van der Waals surface area contributed by atoms with Gasteiger partial charge in [0.25, 0.3) is 0 Å². The topological polar surface area (TPSA) is 13.1 Å². The van der Waals surface area contributed by atoms with Crippen LogP contribution in [0.4, 0.5) is 0 Å². The maximum absolute atomic E-state index is 6.63. The summed E-state index contributed by atoms with van der Waals surface area (Å²) in [5.74, 6) is 0. The summed E-state index contributed by atoms with van der Waals surface area (Å²) in [4.78, 5) is 0. The first-order valence-corrected chi connectivity index (χ1v) is 25.3. The number of furan rings is 1. The van der Waals surface area contributed by atoms with E-state index in [1.54, 1.807) is 0 Å². The highest BCUT2D eigenvalue weighted by Crippen LogP contribution is 2.47. The monoisotopic (exact) mass is 922 g/mol. The lowest BCUT2D eigenvalue weighted by Gasteiger charge is -2.18. The van der Waals surface area contributed by atoms with Crippen LogP contribution in [0.3, 0.4) is 0 Å². The van der Waals surface area contributed by atoms with E-state index in [0.717, 1.165) is 27.3 Å². The molecule has 0 amide bonds. The molecule has 0 saturated heterocycles. The molecule has 0 aliphatic rings. The lowest BCUT2D eigenvalue weighted by molar-refractivity contribution is 0.669. The molecule has 0 bridgehead atoms. The van der Waals surface area contributed by atoms with Gasteiger partial charge in [0.2, 0.25) is 0 Å². The van der Waals surface area contributed by atoms with E-state index >= 15 is 0 Å². The number of rotatable bonds is 6. The molecule has 16 aromatic rings. The third-order valence-corrected chi connectivity index (χ3v) is 16.0. The summed E-state index contributed by atoms with van der Waals surface area (Å²) in [5, 5.41) is 20.1. The van der Waals surface area contributed by atoms with Gasteiger partial charge in [0.1, 0.15) is 11.2 Å². The molecule has 1 aromatic heterocycles. The molecule has 0 aliphatic carbocycles. The molecule has 1 heterocycles. The van der Waals surface area contributed by atoms with E-state index in [1.165, 1.54) is 137 Å². The summed E-state index contributed by atoms with van der Waals surface area (Å²) < 4.78 is 6.63. The Morgan fingerprint density at radius 1 is 0.178 bits per heavy atom. The van der Waals surface area contributed by atoms with Crippen molar-refractivity contribution in [3.8, 4) is 66.8 Å². The van der Waals surface area contributed by atoms with Crippen LogP contribution in [0.1, 0.15) is 0 Å². The number of fused-ring (bicyclic) bond motifs is 4. The molecule has 16 rings (SSSR count). The largest absolute Gasteiger partial charge is 0.456 e. The van der Waals surface area contributed by atoms with E-state index in [1.807, 2.05) is 0 Å². The van der Waals surface area contributed by atoms with Crippen LogP contribution < -0.4 is 0 Å². The third kappa shape index (κ3) is 6.03. The SMILES string of the molecule is c1ccc(-c2ccc3ccc4c(-c5cccc(-c6ccc(-c7cccc(-c8ccc9ccc%10c(-c%11ccccc%11)ccc%11ccc8c9c%11%10)c7)c7cc8c(cc67)oc6ccccc68)c5)ccc5ccc2c3c54)cc1. The molecule has 0 saturated carbocycles. The van der Waals surface area contributed by atoms with Crippen LogP contribution in [0.2, 0.25) is 0 Å². The van der Waals surface area contributed by atoms with Gasteiger partial charge >= 0.3 is 0 Å². The second-order valence-corrected chi connectivity index (χ2v) is 19.8. The van der Waals surface area contributed by atoms with Crippen LogP contribution in [-0.4, -0.2) is 0 Å². The first kappa shape index (κ1) is 40.2. The summed E-state index contributed by atoms with van der Waals surface area (Å²) >= 11 is 0. The van der Waals surface area contributed by atoms with Gasteiger partial charge in [0.15, 0.2) is 0 Å². The van der Waals surface area contributed by atoms with Gasteiger partial charge in [-0.15, -0.1) is 0 Å². The molecule has 0 fully saturated rings. The van der Waals surface area contributed by atoms with Crippen molar-refractivity contribution < 1.29 is 4.42 Å². The molecule has 0 radical (unpaired) electrons. The van der Waals surface area contributed by atoms with Crippen molar-refractivity contribution in [1.29, 1.82) is 0 Å². The highest BCUT2D eigenvalue weighted by Gasteiger charge is 2.20. The van der Waals surface area contributed by atoms with Crippen molar-refractivity contribution in [2.75, 3.05) is 0 Å². The van der Waals surface area contributed by atoms with Gasteiger partial charge in [-0.05, 0) is 173 Å². The molecule has 0 aliphatic heterocycles. The highest BCUT2D eigenvalue weighted by molar-refractivity contribution is 6.29. The lowest BCUT2D eigenvalue weighted by Crippen LogP contribution is -1.91. The Balaban J connectivity index is 0.860. The minimum absolute atomic E-state index is 0.891. The van der Waals surface area contributed by atoms with Crippen molar-refractivity contribution in [2.45, 2.75) is 0 Å². The third-order valence-electron chi connectivity index (χ3n) is 16.0. The number of benzene rings is 15. The first-order valence-electron chi connectivity index (χ1n) is 25.3. The Kier molecular flexibility index (Phi) is 8.52. The first-order chi connectivity index (χ1) is 36.2. The van der Waals surface area contributed by atoms with E-state index in [-0.39, 0.29) is 0 Å². The van der Waals surface area contributed by atoms with Crippen LogP contribution in [0.5, 0.6) is 0 Å². The molecule has 336 valence electrons. The van der Waals surface area contributed by atoms with Crippen molar-refractivity contribution >= 4 is 97.3 Å². The Morgan fingerprint density at radius 3 is 0.945 bits per heavy atom. The van der Waals surface area contributed by atoms with Crippen LogP contribution in [0.25, 0.3) is 164 Å². The van der Waals surface area contributed by atoms with Crippen molar-refractivity contribution in [3.63, 3.8) is 0 Å². The normalized spacial score (nSPS) is 12.1. The molecule has 0 N–H and O–H groups in total. The zero-order valence-corrected chi connectivity index (χ0v) is 39.7. The summed E-state index contributed by atoms with van der Waals surface area (Å²) in [6, 6.07) is 94.5. The van der Waals surface area contributed by atoms with E-state index in [0.29, 0.717) is 0 Å². The van der Waals surface area contributed by atoms with Gasteiger partial charge in [0.05, 0.1) is 0 Å². The van der Waals surface area contributed by atoms with Gasteiger partial charge in [0, 0.05) is 10.8 Å². The summed E-state index contributed by atoms with van der Waals surface area (Å²) in [5.41, 5.74) is 16.4. The van der Waals surface area contributed by atoms with Crippen LogP contribution >= 0.6 is 0 Å². The zero-order valence-electron chi connectivity index (χ0n) is 39.7. The van der Waals surface area contributed by atoms with E-state index in [9.17, 15) is 0 Å². The maximum Gasteiger partial charge on any atom is 0.136 e. The van der Waals surface area contributed by atoms with Crippen LogP contribution in [0, 0.1) is 0 Å². The fraction of sp³-hybridized carbons (Fsp3) is 0. The van der Waals surface area contributed by atoms with E-state index in [4.69, 9.17) is 4.42 Å². The quantitative estimate of drug-likeness (QED) is 0.152. The molecule has 1 nitrogen and oxygen atoms in total. The average Bonchev–Trinajstić information content (AvgIpc) is 3.82. The molecule has 0 spiro atoms. The summed E-state index contributed by atoms with van der Waals surface area (Å²) in [6.45, 7) is 0. The van der Waals surface area contributed by atoms with Crippen molar-refractivity contribution in [3.05, 3.63) is 255 Å². The Hall–Kier alpha value is -9.56. The molecule has 1 heteroatoms. The summed E-state index contributed by atoms with van der Waals surface area (Å²) in [7, 11) is 0. The predicted molar refractivity (Wildman–Crippen MR) is 311 cm³/mol. The Morgan fingerprint density at radius 2 is 0.507 bits per heavy atom. The molecule has 0 atom stereocenters. The van der Waals surface area contributed by atoms with Gasteiger partial charge in [-0.3, -0.25) is 0 Å². The number of hydrogen-bond acceptors (Lipinski definition) is 1. The standard InChI is InChI=1S/C72H42O/c1-3-11-43(12-4-1)53-29-21-45-27-35-62-55(31-23-47-25-33-60(53)69(45)71(47)62)49-15-9-17-51(39-49)57-37-38-58(65-42-68-66(41-64(57)65)59-19-7-8-20-67(59)73-68)52-18-10-16-50(40-52)56-32-24-48-26-34-61-54(44-13-5-2-6-14-44)30-22-46-28-36-63(56)72(48)70(46)61/h1-42H. The molecule has 73 heavy (non-hydrogen) atoms. The lowest BCUT2D eigenvalue weighted by atomic mass is 9.86. The zero-order chi connectivity index (χ0) is 47.7. The van der Waals surface area contributed by atoms with Crippen LogP contribution in [-0.2, 0) is 0 Å². The molecular weight excluding hydrogens is 881 g/mol. The Bertz CT molecular complexity index is 4880. The van der Waals surface area contributed by atoms with Gasteiger partial charge in [-0.2, -0.15) is 0 Å². The average molecular weight is 923 g/mol. The van der Waals surface area contributed by atoms with Crippen molar-refractivity contribution in [2.24, 2.45) is 0 Å². The van der Waals surface area contributed by atoms with Gasteiger partial charge in [-0.1, -0.05) is 224 Å². The molecule has 0 unspecified atom stereocenters. The predicted octanol–water partition coefficient (Wildman–Crippen LogP) is 20.5. The molecule has 15 aromatic carbocycles. The van der Waals surface area contributed by atoms with E-state index in [2.05, 4.69) is 255 Å². The number of hydrogen-bond donors (Lipinski definition) is 0. The minimum atomic E-state index is 0.891. The van der Waals surface area contributed by atoms with Crippen molar-refractivity contribution in [1.82, 2.24) is 0 Å².